The zero-order valence-corrected chi connectivity index (χ0v) is 17.0. The number of hydrogen-bond donors (Lipinski definition) is 2. The second-order valence-electron chi connectivity index (χ2n) is 7.12. The minimum absolute atomic E-state index is 0.577. The highest BCUT2D eigenvalue weighted by Crippen LogP contribution is 2.24. The van der Waals surface area contributed by atoms with E-state index in [1.807, 2.05) is 54.6 Å². The lowest BCUT2D eigenvalue weighted by atomic mass is 10.0. The highest BCUT2D eigenvalue weighted by Gasteiger charge is 2.02. The lowest BCUT2D eigenvalue weighted by Gasteiger charge is -2.10. The molecule has 3 aromatic rings. The molecule has 5 heteroatoms. The largest absolute Gasteiger partial charge is 0.494 e. The highest BCUT2D eigenvalue weighted by molar-refractivity contribution is 5.65. The van der Waals surface area contributed by atoms with Crippen molar-refractivity contribution in [1.29, 1.82) is 5.26 Å². The second-order valence-corrected chi connectivity index (χ2v) is 7.12. The molecule has 0 spiro atoms. The summed E-state index contributed by atoms with van der Waals surface area (Å²) in [6.07, 6.45) is 4.14. The van der Waals surface area contributed by atoms with Gasteiger partial charge in [0.2, 0.25) is 0 Å². The molecule has 0 aromatic heterocycles. The lowest BCUT2D eigenvalue weighted by Crippen LogP contribution is -2.02. The van der Waals surface area contributed by atoms with Crippen molar-refractivity contribution in [3.8, 4) is 28.7 Å². The zero-order valence-electron chi connectivity index (χ0n) is 17.0. The molecule has 0 aliphatic heterocycles. The average molecular weight is 402 g/mol. The van der Waals surface area contributed by atoms with Crippen molar-refractivity contribution < 1.29 is 9.47 Å². The van der Waals surface area contributed by atoms with Gasteiger partial charge in [-0.05, 0) is 79.3 Å². The van der Waals surface area contributed by atoms with Crippen LogP contribution in [0, 0.1) is 11.3 Å². The molecular weight excluding hydrogens is 374 g/mol. The number of nitrogen functional groups attached to an aromatic ring is 2. The molecule has 0 bridgehead atoms. The van der Waals surface area contributed by atoms with E-state index in [2.05, 4.69) is 6.07 Å². The second kappa shape index (κ2) is 10.8. The van der Waals surface area contributed by atoms with Crippen LogP contribution in [0.2, 0.25) is 0 Å². The normalized spacial score (nSPS) is 10.4. The van der Waals surface area contributed by atoms with Crippen LogP contribution >= 0.6 is 0 Å². The van der Waals surface area contributed by atoms with Crippen LogP contribution in [0.5, 0.6) is 11.5 Å². The molecule has 4 N–H and O–H groups in total. The van der Waals surface area contributed by atoms with Gasteiger partial charge in [0.25, 0.3) is 0 Å². The molecule has 0 fully saturated rings. The van der Waals surface area contributed by atoms with E-state index in [4.69, 9.17) is 26.2 Å². The Morgan fingerprint density at radius 2 is 1.30 bits per heavy atom. The summed E-state index contributed by atoms with van der Waals surface area (Å²) in [7, 11) is 0. The number of nitrogens with zero attached hydrogens (tertiary/aromatic N) is 1. The SMILES string of the molecule is N#Cc1ccc(-c2ccc(OCCCCCCOc3ccc(N)cc3N)cc2)cc1. The molecule has 0 saturated carbocycles. The van der Waals surface area contributed by atoms with Crippen molar-refractivity contribution in [2.75, 3.05) is 24.7 Å². The standard InChI is InChI=1S/C25H27N3O2/c26-18-19-5-7-20(8-6-19)21-9-12-23(13-10-21)29-15-3-1-2-4-16-30-25-14-11-22(27)17-24(25)28/h5-14,17H,1-4,15-16,27-28H2. The molecule has 0 atom stereocenters. The quantitative estimate of drug-likeness (QED) is 0.350. The van der Waals surface area contributed by atoms with E-state index in [9.17, 15) is 0 Å². The van der Waals surface area contributed by atoms with Gasteiger partial charge in [-0.15, -0.1) is 0 Å². The first-order valence-corrected chi connectivity index (χ1v) is 10.2. The summed E-state index contributed by atoms with van der Waals surface area (Å²) in [6.45, 7) is 1.34. The number of nitriles is 1. The van der Waals surface area contributed by atoms with Crippen molar-refractivity contribution in [3.63, 3.8) is 0 Å². The van der Waals surface area contributed by atoms with Gasteiger partial charge in [0.1, 0.15) is 11.5 Å². The average Bonchev–Trinajstić information content (AvgIpc) is 2.77. The van der Waals surface area contributed by atoms with E-state index in [-0.39, 0.29) is 0 Å². The molecule has 3 aromatic carbocycles. The molecular formula is C25H27N3O2. The number of unbranched alkanes of at least 4 members (excludes halogenated alkanes) is 3. The lowest BCUT2D eigenvalue weighted by molar-refractivity contribution is 0.288. The molecule has 0 saturated heterocycles. The minimum Gasteiger partial charge on any atom is -0.494 e. The Labute approximate surface area is 177 Å². The van der Waals surface area contributed by atoms with Crippen LogP contribution in [0.15, 0.2) is 66.7 Å². The number of nitrogens with two attached hydrogens (primary N) is 2. The smallest absolute Gasteiger partial charge is 0.142 e. The Hall–Kier alpha value is -3.65. The van der Waals surface area contributed by atoms with E-state index in [0.29, 0.717) is 35.9 Å². The number of ether oxygens (including phenoxy) is 2. The van der Waals surface area contributed by atoms with Crippen LogP contribution in [0.3, 0.4) is 0 Å². The fraction of sp³-hybridized carbons (Fsp3) is 0.240. The number of hydrogen-bond acceptors (Lipinski definition) is 5. The summed E-state index contributed by atoms with van der Waals surface area (Å²) < 4.78 is 11.5. The molecule has 0 radical (unpaired) electrons. The van der Waals surface area contributed by atoms with Crippen molar-refractivity contribution >= 4 is 11.4 Å². The van der Waals surface area contributed by atoms with Crippen molar-refractivity contribution in [2.24, 2.45) is 0 Å². The summed E-state index contributed by atoms with van der Waals surface area (Å²) in [5.41, 5.74) is 15.6. The summed E-state index contributed by atoms with van der Waals surface area (Å²) >= 11 is 0. The molecule has 0 amide bonds. The molecule has 0 unspecified atom stereocenters. The summed E-state index contributed by atoms with van der Waals surface area (Å²) in [6, 6.07) is 23.1. The Morgan fingerprint density at radius 1 is 0.700 bits per heavy atom. The van der Waals surface area contributed by atoms with Gasteiger partial charge in [-0.3, -0.25) is 0 Å². The number of rotatable bonds is 10. The van der Waals surface area contributed by atoms with Crippen LogP contribution in [0.25, 0.3) is 11.1 Å². The minimum atomic E-state index is 0.577. The highest BCUT2D eigenvalue weighted by atomic mass is 16.5. The van der Waals surface area contributed by atoms with Crippen LogP contribution in [-0.4, -0.2) is 13.2 Å². The van der Waals surface area contributed by atoms with Crippen molar-refractivity contribution in [2.45, 2.75) is 25.7 Å². The van der Waals surface area contributed by atoms with E-state index >= 15 is 0 Å². The molecule has 0 heterocycles. The Balaban J connectivity index is 1.30. The van der Waals surface area contributed by atoms with E-state index in [1.165, 1.54) is 0 Å². The van der Waals surface area contributed by atoms with Crippen LogP contribution < -0.4 is 20.9 Å². The number of benzene rings is 3. The maximum Gasteiger partial charge on any atom is 0.142 e. The Morgan fingerprint density at radius 3 is 1.90 bits per heavy atom. The molecule has 5 nitrogen and oxygen atoms in total. The van der Waals surface area contributed by atoms with Crippen LogP contribution in [-0.2, 0) is 0 Å². The zero-order chi connectivity index (χ0) is 21.2. The van der Waals surface area contributed by atoms with Gasteiger partial charge in [-0.2, -0.15) is 5.26 Å². The van der Waals surface area contributed by atoms with Gasteiger partial charge >= 0.3 is 0 Å². The van der Waals surface area contributed by atoms with Gasteiger partial charge < -0.3 is 20.9 Å². The van der Waals surface area contributed by atoms with Gasteiger partial charge in [0.15, 0.2) is 0 Å². The third-order valence-electron chi connectivity index (χ3n) is 4.80. The van der Waals surface area contributed by atoms with Crippen LogP contribution in [0.4, 0.5) is 11.4 Å². The summed E-state index contributed by atoms with van der Waals surface area (Å²) in [5, 5.41) is 8.88. The molecule has 3 rings (SSSR count). The first kappa shape index (κ1) is 21.1. The fourth-order valence-corrected chi connectivity index (χ4v) is 3.11. The maximum absolute atomic E-state index is 8.88. The third-order valence-corrected chi connectivity index (χ3v) is 4.80. The molecule has 0 aliphatic carbocycles. The van der Waals surface area contributed by atoms with E-state index < -0.39 is 0 Å². The molecule has 154 valence electrons. The van der Waals surface area contributed by atoms with Gasteiger partial charge in [0, 0.05) is 5.69 Å². The van der Waals surface area contributed by atoms with E-state index in [0.717, 1.165) is 42.6 Å². The van der Waals surface area contributed by atoms with Gasteiger partial charge in [-0.1, -0.05) is 24.3 Å². The monoisotopic (exact) mass is 401 g/mol. The van der Waals surface area contributed by atoms with Gasteiger partial charge in [0.05, 0.1) is 30.5 Å². The Bertz CT molecular complexity index is 977. The summed E-state index contributed by atoms with van der Waals surface area (Å²) in [4.78, 5) is 0. The first-order chi connectivity index (χ1) is 14.7. The van der Waals surface area contributed by atoms with Gasteiger partial charge in [-0.25, -0.2) is 0 Å². The van der Waals surface area contributed by atoms with Crippen molar-refractivity contribution in [1.82, 2.24) is 0 Å². The van der Waals surface area contributed by atoms with Crippen LogP contribution in [0.1, 0.15) is 31.2 Å². The predicted molar refractivity (Wildman–Crippen MR) is 121 cm³/mol. The molecule has 30 heavy (non-hydrogen) atoms. The maximum atomic E-state index is 8.88. The van der Waals surface area contributed by atoms with E-state index in [1.54, 1.807) is 12.1 Å². The van der Waals surface area contributed by atoms with Crippen molar-refractivity contribution in [3.05, 3.63) is 72.3 Å². The third kappa shape index (κ3) is 6.18. The Kier molecular flexibility index (Phi) is 7.57. The number of anilines is 2. The fourth-order valence-electron chi connectivity index (χ4n) is 3.11. The summed E-state index contributed by atoms with van der Waals surface area (Å²) in [5.74, 6) is 1.56. The predicted octanol–water partition coefficient (Wildman–Crippen LogP) is 5.41. The topological polar surface area (TPSA) is 94.3 Å². The molecule has 0 aliphatic rings. The first-order valence-electron chi connectivity index (χ1n) is 10.2.